The Bertz CT molecular complexity index is 551. The van der Waals surface area contributed by atoms with Crippen molar-refractivity contribution in [3.05, 3.63) is 39.6 Å². The van der Waals surface area contributed by atoms with Crippen molar-refractivity contribution in [1.82, 2.24) is 9.97 Å². The molecule has 0 fully saturated rings. The van der Waals surface area contributed by atoms with Crippen LogP contribution in [0.5, 0.6) is 5.75 Å². The van der Waals surface area contributed by atoms with Crippen molar-refractivity contribution in [1.29, 1.82) is 0 Å². The molecule has 2 rings (SSSR count). The molecule has 1 atom stereocenters. The van der Waals surface area contributed by atoms with E-state index in [0.717, 1.165) is 33.4 Å². The first-order valence-electron chi connectivity index (χ1n) is 6.31. The molecule has 0 radical (unpaired) electrons. The maximum absolute atomic E-state index is 5.85. The first kappa shape index (κ1) is 14.0. The number of nitrogens with two attached hydrogens (primary N) is 1. The molecule has 2 aromatic heterocycles. The van der Waals surface area contributed by atoms with Gasteiger partial charge in [-0.2, -0.15) is 0 Å². The molecule has 4 nitrogen and oxygen atoms in total. The normalized spacial score (nSPS) is 12.4. The Hall–Kier alpha value is -1.46. The van der Waals surface area contributed by atoms with Crippen LogP contribution in [0.15, 0.2) is 18.3 Å². The summed E-state index contributed by atoms with van der Waals surface area (Å²) in [5.41, 5.74) is 7.76. The van der Waals surface area contributed by atoms with E-state index >= 15 is 0 Å². The van der Waals surface area contributed by atoms with Crippen molar-refractivity contribution in [3.63, 3.8) is 0 Å². The lowest BCUT2D eigenvalue weighted by atomic mass is 10.1. The van der Waals surface area contributed by atoms with Gasteiger partial charge < -0.3 is 10.5 Å². The van der Waals surface area contributed by atoms with Crippen LogP contribution in [0.4, 0.5) is 0 Å². The number of pyridine rings is 1. The van der Waals surface area contributed by atoms with E-state index in [1.165, 1.54) is 0 Å². The molecule has 102 valence electrons. The molecule has 0 saturated carbocycles. The lowest BCUT2D eigenvalue weighted by Crippen LogP contribution is -2.19. The van der Waals surface area contributed by atoms with Crippen LogP contribution in [-0.2, 0) is 13.0 Å². The van der Waals surface area contributed by atoms with Gasteiger partial charge in [-0.25, -0.2) is 4.98 Å². The van der Waals surface area contributed by atoms with Crippen LogP contribution < -0.4 is 10.5 Å². The van der Waals surface area contributed by atoms with E-state index in [9.17, 15) is 0 Å². The zero-order chi connectivity index (χ0) is 13.8. The molecule has 2 N–H and O–H groups in total. The number of thiazole rings is 1. The predicted molar refractivity (Wildman–Crippen MR) is 77.5 cm³/mol. The largest absolute Gasteiger partial charge is 0.486 e. The number of hydrogen-bond acceptors (Lipinski definition) is 5. The summed E-state index contributed by atoms with van der Waals surface area (Å²) in [6.45, 7) is 6.46. The van der Waals surface area contributed by atoms with Crippen LogP contribution in [0.3, 0.4) is 0 Å². The molecule has 19 heavy (non-hydrogen) atoms. The van der Waals surface area contributed by atoms with Crippen molar-refractivity contribution < 1.29 is 4.74 Å². The Morgan fingerprint density at radius 3 is 2.79 bits per heavy atom. The van der Waals surface area contributed by atoms with Gasteiger partial charge in [0.05, 0.1) is 15.6 Å². The second-order valence-electron chi connectivity index (χ2n) is 4.71. The molecule has 0 amide bonds. The van der Waals surface area contributed by atoms with E-state index in [1.807, 2.05) is 39.1 Å². The lowest BCUT2D eigenvalue weighted by molar-refractivity contribution is 0.303. The van der Waals surface area contributed by atoms with Crippen LogP contribution in [-0.4, -0.2) is 16.0 Å². The van der Waals surface area contributed by atoms with Crippen molar-refractivity contribution in [3.8, 4) is 5.75 Å². The van der Waals surface area contributed by atoms with Gasteiger partial charge in [0, 0.05) is 24.4 Å². The highest BCUT2D eigenvalue weighted by molar-refractivity contribution is 7.11. The van der Waals surface area contributed by atoms with Gasteiger partial charge in [0.25, 0.3) is 0 Å². The third-order valence-corrected chi connectivity index (χ3v) is 3.51. The van der Waals surface area contributed by atoms with Gasteiger partial charge in [0.1, 0.15) is 12.4 Å². The Balaban J connectivity index is 2.10. The minimum Gasteiger partial charge on any atom is -0.486 e. The summed E-state index contributed by atoms with van der Waals surface area (Å²) < 4.78 is 5.84. The summed E-state index contributed by atoms with van der Waals surface area (Å²) in [5, 5.41) is 1.05. The molecule has 0 saturated heterocycles. The zero-order valence-electron chi connectivity index (χ0n) is 11.5. The maximum Gasteiger partial charge on any atom is 0.141 e. The third kappa shape index (κ3) is 4.01. The van der Waals surface area contributed by atoms with Crippen molar-refractivity contribution in [2.75, 3.05) is 0 Å². The van der Waals surface area contributed by atoms with Crippen LogP contribution in [0.25, 0.3) is 0 Å². The summed E-state index contributed by atoms with van der Waals surface area (Å²) in [6, 6.07) is 3.99. The quantitative estimate of drug-likeness (QED) is 0.912. The minimum absolute atomic E-state index is 0.0716. The Morgan fingerprint density at radius 1 is 1.37 bits per heavy atom. The second kappa shape index (κ2) is 6.12. The van der Waals surface area contributed by atoms with Crippen molar-refractivity contribution in [2.24, 2.45) is 5.73 Å². The predicted octanol–water partition coefficient (Wildman–Crippen LogP) is 2.62. The van der Waals surface area contributed by atoms with E-state index in [-0.39, 0.29) is 6.04 Å². The fraction of sp³-hybridized carbons (Fsp3) is 0.429. The average molecular weight is 277 g/mol. The second-order valence-corrected chi connectivity index (χ2v) is 6.03. The topological polar surface area (TPSA) is 61.0 Å². The van der Waals surface area contributed by atoms with Crippen molar-refractivity contribution >= 4 is 11.3 Å². The SMILES string of the molecule is Cc1ccc(OCc2cnc(C)s2)c(CC(C)N)n1. The van der Waals surface area contributed by atoms with Crippen LogP contribution in [0.1, 0.15) is 28.2 Å². The molecule has 0 spiro atoms. The summed E-state index contributed by atoms with van der Waals surface area (Å²) in [6.07, 6.45) is 2.57. The lowest BCUT2D eigenvalue weighted by Gasteiger charge is -2.12. The summed E-state index contributed by atoms with van der Waals surface area (Å²) >= 11 is 1.65. The fourth-order valence-corrected chi connectivity index (χ4v) is 2.51. The van der Waals surface area contributed by atoms with E-state index in [1.54, 1.807) is 11.3 Å². The number of rotatable bonds is 5. The Morgan fingerprint density at radius 2 is 2.16 bits per heavy atom. The Kier molecular flexibility index (Phi) is 4.50. The standard InChI is InChI=1S/C14H19N3OS/c1-9(15)6-13-14(5-4-10(2)17-13)18-8-12-7-16-11(3)19-12/h4-5,7,9H,6,8,15H2,1-3H3. The van der Waals surface area contributed by atoms with E-state index in [0.29, 0.717) is 6.61 Å². The maximum atomic E-state index is 5.85. The molecular formula is C14H19N3OS. The van der Waals surface area contributed by atoms with Gasteiger partial charge in [0.2, 0.25) is 0 Å². The Labute approximate surface area is 117 Å². The monoisotopic (exact) mass is 277 g/mol. The number of aromatic nitrogens is 2. The van der Waals surface area contributed by atoms with Gasteiger partial charge in [-0.3, -0.25) is 4.98 Å². The average Bonchev–Trinajstić information content (AvgIpc) is 2.73. The molecule has 0 bridgehead atoms. The number of hydrogen-bond donors (Lipinski definition) is 1. The minimum atomic E-state index is 0.0716. The van der Waals surface area contributed by atoms with Gasteiger partial charge in [-0.15, -0.1) is 11.3 Å². The molecule has 1 unspecified atom stereocenters. The third-order valence-electron chi connectivity index (χ3n) is 2.63. The van der Waals surface area contributed by atoms with Gasteiger partial charge in [-0.1, -0.05) is 0 Å². The molecule has 2 heterocycles. The molecule has 5 heteroatoms. The summed E-state index contributed by atoms with van der Waals surface area (Å²) in [5.74, 6) is 0.814. The van der Waals surface area contributed by atoms with Gasteiger partial charge >= 0.3 is 0 Å². The smallest absolute Gasteiger partial charge is 0.141 e. The van der Waals surface area contributed by atoms with Crippen LogP contribution in [0.2, 0.25) is 0 Å². The van der Waals surface area contributed by atoms with E-state index in [4.69, 9.17) is 10.5 Å². The molecule has 2 aromatic rings. The molecule has 0 aromatic carbocycles. The molecule has 0 aliphatic rings. The molecule has 0 aliphatic heterocycles. The number of ether oxygens (including phenoxy) is 1. The van der Waals surface area contributed by atoms with E-state index < -0.39 is 0 Å². The number of aryl methyl sites for hydroxylation is 2. The highest BCUT2D eigenvalue weighted by Gasteiger charge is 2.09. The molecule has 0 aliphatic carbocycles. The number of nitrogens with zero attached hydrogens (tertiary/aromatic N) is 2. The zero-order valence-corrected chi connectivity index (χ0v) is 12.3. The first-order chi connectivity index (χ1) is 9.04. The summed E-state index contributed by atoms with van der Waals surface area (Å²) in [4.78, 5) is 9.85. The van der Waals surface area contributed by atoms with Gasteiger partial charge in [-0.05, 0) is 32.9 Å². The van der Waals surface area contributed by atoms with Crippen molar-refractivity contribution in [2.45, 2.75) is 39.8 Å². The van der Waals surface area contributed by atoms with Crippen LogP contribution >= 0.6 is 11.3 Å². The fourth-order valence-electron chi connectivity index (χ4n) is 1.80. The highest BCUT2D eigenvalue weighted by Crippen LogP contribution is 2.21. The van der Waals surface area contributed by atoms with Gasteiger partial charge in [0.15, 0.2) is 0 Å². The highest BCUT2D eigenvalue weighted by atomic mass is 32.1. The van der Waals surface area contributed by atoms with E-state index in [2.05, 4.69) is 9.97 Å². The summed E-state index contributed by atoms with van der Waals surface area (Å²) in [7, 11) is 0. The molecular weight excluding hydrogens is 258 g/mol. The van der Waals surface area contributed by atoms with Crippen LogP contribution in [0, 0.1) is 13.8 Å². The first-order valence-corrected chi connectivity index (χ1v) is 7.12.